The van der Waals surface area contributed by atoms with E-state index in [0.717, 1.165) is 95.6 Å². The number of ether oxygens (including phenoxy) is 3. The number of hydrogen-bond donors (Lipinski definition) is 2. The molecule has 2 aromatic rings. The summed E-state index contributed by atoms with van der Waals surface area (Å²) >= 11 is 6.41. The third-order valence-corrected chi connectivity index (χ3v) is 15.3. The van der Waals surface area contributed by atoms with Gasteiger partial charge >= 0.3 is 0 Å². The Morgan fingerprint density at radius 3 is 2.58 bits per heavy atom. The van der Waals surface area contributed by atoms with E-state index in [1.807, 2.05) is 44.4 Å². The molecule has 55 heavy (non-hydrogen) atoms. The van der Waals surface area contributed by atoms with Crippen LogP contribution < -0.4 is 14.4 Å². The molecule has 7 rings (SSSR count). The number of carbonyl (C=O) groups is 1. The minimum absolute atomic E-state index is 0.238. The number of piperazine rings is 1. The molecule has 1 aliphatic carbocycles. The summed E-state index contributed by atoms with van der Waals surface area (Å²) in [5.74, 6) is 0.349. The molecule has 2 aromatic carbocycles. The van der Waals surface area contributed by atoms with Crippen molar-refractivity contribution in [2.75, 3.05) is 64.4 Å². The van der Waals surface area contributed by atoms with E-state index in [4.69, 9.17) is 25.8 Å². The van der Waals surface area contributed by atoms with Crippen LogP contribution in [-0.2, 0) is 32.5 Å². The van der Waals surface area contributed by atoms with Crippen LogP contribution in [0.15, 0.2) is 48.6 Å². The Labute approximate surface area is 332 Å². The lowest BCUT2D eigenvalue weighted by Crippen LogP contribution is -2.59. The summed E-state index contributed by atoms with van der Waals surface area (Å²) in [6, 6.07) is 11.6. The fourth-order valence-electron chi connectivity index (χ4n) is 9.36. The number of nitrogens with zero attached hydrogens (tertiary/aromatic N) is 3. The van der Waals surface area contributed by atoms with Gasteiger partial charge in [0, 0.05) is 76.0 Å². The summed E-state index contributed by atoms with van der Waals surface area (Å²) in [6.07, 6.45) is 10.7. The molecular weight excluding hydrogens is 740 g/mol. The quantitative estimate of drug-likeness (QED) is 0.377. The maximum Gasteiger partial charge on any atom is 0.264 e. The molecule has 7 atom stereocenters. The van der Waals surface area contributed by atoms with Gasteiger partial charge in [0.05, 0.1) is 17.5 Å². The highest BCUT2D eigenvalue weighted by molar-refractivity contribution is 7.90. The number of methoxy groups -OCH3 is 1. The van der Waals surface area contributed by atoms with E-state index in [1.54, 1.807) is 13.0 Å². The van der Waals surface area contributed by atoms with Crippen LogP contribution in [0, 0.1) is 17.8 Å². The minimum atomic E-state index is -3.98. The lowest BCUT2D eigenvalue weighted by molar-refractivity contribution is -0.147. The summed E-state index contributed by atoms with van der Waals surface area (Å²) in [7, 11) is -2.15. The zero-order valence-electron chi connectivity index (χ0n) is 32.6. The van der Waals surface area contributed by atoms with E-state index in [0.29, 0.717) is 48.8 Å². The average molecular weight is 799 g/mol. The maximum absolute atomic E-state index is 13.6. The summed E-state index contributed by atoms with van der Waals surface area (Å²) in [5.41, 5.74) is 2.78. The molecular formula is C42H59ClN4O7S. The molecule has 4 aliphatic heterocycles. The molecule has 4 heterocycles. The lowest BCUT2D eigenvalue weighted by Gasteiger charge is -2.52. The van der Waals surface area contributed by atoms with Crippen LogP contribution in [-0.4, -0.2) is 112 Å². The second kappa shape index (κ2) is 17.4. The Kier molecular flexibility index (Phi) is 12.8. The molecule has 1 unspecified atom stereocenters. The molecule has 302 valence electrons. The zero-order chi connectivity index (χ0) is 38.7. The molecule has 11 nitrogen and oxygen atoms in total. The van der Waals surface area contributed by atoms with Gasteiger partial charge in [0.15, 0.2) is 6.29 Å². The largest absolute Gasteiger partial charge is 0.487 e. The van der Waals surface area contributed by atoms with Gasteiger partial charge in [-0.2, -0.15) is 0 Å². The fourth-order valence-corrected chi connectivity index (χ4v) is 10.8. The third kappa shape index (κ3) is 9.21. The van der Waals surface area contributed by atoms with Crippen LogP contribution >= 0.6 is 11.6 Å². The lowest BCUT2D eigenvalue weighted by atomic mass is 9.63. The number of anilines is 1. The maximum atomic E-state index is 13.6. The Morgan fingerprint density at radius 2 is 1.84 bits per heavy atom. The van der Waals surface area contributed by atoms with E-state index in [2.05, 4.69) is 31.6 Å². The number of fused-ring (bicyclic) bond motifs is 3. The normalized spacial score (nSPS) is 33.1. The highest BCUT2D eigenvalue weighted by Crippen LogP contribution is 2.47. The number of aliphatic hydroxyl groups is 1. The van der Waals surface area contributed by atoms with Crippen molar-refractivity contribution < 1.29 is 32.5 Å². The van der Waals surface area contributed by atoms with Gasteiger partial charge in [-0.1, -0.05) is 36.7 Å². The number of amides is 1. The number of aliphatic hydroxyl groups excluding tert-OH is 1. The van der Waals surface area contributed by atoms with Crippen molar-refractivity contribution in [3.05, 3.63) is 70.3 Å². The van der Waals surface area contributed by atoms with E-state index >= 15 is 0 Å². The predicted molar refractivity (Wildman–Crippen MR) is 215 cm³/mol. The molecule has 1 amide bonds. The predicted octanol–water partition coefficient (Wildman–Crippen LogP) is 5.63. The van der Waals surface area contributed by atoms with Crippen molar-refractivity contribution in [1.29, 1.82) is 0 Å². The van der Waals surface area contributed by atoms with Crippen LogP contribution in [0.5, 0.6) is 5.75 Å². The average Bonchev–Trinajstić information content (AvgIpc) is 3.19. The van der Waals surface area contributed by atoms with Gasteiger partial charge < -0.3 is 24.2 Å². The third-order valence-electron chi connectivity index (χ3n) is 13.2. The first-order chi connectivity index (χ1) is 26.4. The van der Waals surface area contributed by atoms with Gasteiger partial charge in [-0.15, -0.1) is 0 Å². The Morgan fingerprint density at radius 1 is 1.02 bits per heavy atom. The SMILES string of the molecule is CO[C@@]1(CN2CCN([C@H]3CCOC(O)C3)CC2)/C=C/C[C@H](C)[C@@H](C)S(=O)(=O)NC(=O)c2ccc3c(c2)N(CCCCc2cc(Cl)ccc2CO3)C[C@@H]2CC[C@H]21. The molecule has 2 bridgehead atoms. The number of halogens is 1. The Bertz CT molecular complexity index is 1800. The van der Waals surface area contributed by atoms with Crippen molar-refractivity contribution in [1.82, 2.24) is 14.5 Å². The smallest absolute Gasteiger partial charge is 0.264 e. The number of aryl methyl sites for hydroxylation is 1. The Hall–Kier alpha value is -2.71. The molecule has 1 saturated carbocycles. The first-order valence-corrected chi connectivity index (χ1v) is 22.2. The van der Waals surface area contributed by atoms with Gasteiger partial charge in [-0.05, 0) is 111 Å². The highest BCUT2D eigenvalue weighted by Gasteiger charge is 2.48. The van der Waals surface area contributed by atoms with Gasteiger partial charge in [-0.25, -0.2) is 13.1 Å². The first-order valence-electron chi connectivity index (χ1n) is 20.3. The summed E-state index contributed by atoms with van der Waals surface area (Å²) in [6.45, 7) is 10.5. The number of benzene rings is 2. The van der Waals surface area contributed by atoms with Gasteiger partial charge in [0.25, 0.3) is 5.91 Å². The number of allylic oxidation sites excluding steroid dienone is 1. The number of sulfonamides is 1. The van der Waals surface area contributed by atoms with Gasteiger partial charge in [0.1, 0.15) is 18.0 Å². The van der Waals surface area contributed by atoms with E-state index in [1.165, 1.54) is 5.56 Å². The molecule has 0 radical (unpaired) electrons. The molecule has 3 fully saturated rings. The van der Waals surface area contributed by atoms with E-state index in [9.17, 15) is 18.3 Å². The molecule has 2 saturated heterocycles. The summed E-state index contributed by atoms with van der Waals surface area (Å²) in [4.78, 5) is 21.0. The van der Waals surface area contributed by atoms with Crippen LogP contribution in [0.4, 0.5) is 5.69 Å². The van der Waals surface area contributed by atoms with Crippen molar-refractivity contribution in [3.63, 3.8) is 0 Å². The number of carbonyl (C=O) groups excluding carboxylic acids is 1. The summed E-state index contributed by atoms with van der Waals surface area (Å²) < 4.78 is 48.3. The van der Waals surface area contributed by atoms with Crippen LogP contribution in [0.2, 0.25) is 5.02 Å². The molecule has 2 N–H and O–H groups in total. The van der Waals surface area contributed by atoms with Crippen molar-refractivity contribution in [2.45, 2.75) is 95.0 Å². The van der Waals surface area contributed by atoms with Crippen LogP contribution in [0.1, 0.15) is 80.3 Å². The molecule has 0 spiro atoms. The molecule has 13 heteroatoms. The minimum Gasteiger partial charge on any atom is -0.487 e. The topological polar surface area (TPSA) is 121 Å². The molecule has 5 aliphatic rings. The first kappa shape index (κ1) is 40.5. The van der Waals surface area contributed by atoms with E-state index < -0.39 is 33.1 Å². The van der Waals surface area contributed by atoms with Crippen molar-refractivity contribution in [3.8, 4) is 5.75 Å². The number of hydrogen-bond acceptors (Lipinski definition) is 10. The fraction of sp³-hybridized carbons (Fsp3) is 0.643. The number of rotatable bonds is 4. The number of nitrogens with one attached hydrogen (secondary N) is 1. The van der Waals surface area contributed by atoms with Gasteiger partial charge in [-0.3, -0.25) is 14.6 Å². The zero-order valence-corrected chi connectivity index (χ0v) is 34.2. The van der Waals surface area contributed by atoms with Crippen LogP contribution in [0.3, 0.4) is 0 Å². The second-order valence-corrected chi connectivity index (χ2v) is 19.0. The van der Waals surface area contributed by atoms with Crippen molar-refractivity contribution >= 4 is 33.2 Å². The van der Waals surface area contributed by atoms with Gasteiger partial charge in [0.2, 0.25) is 10.0 Å². The van der Waals surface area contributed by atoms with E-state index in [-0.39, 0.29) is 17.4 Å². The Balaban J connectivity index is 1.20. The second-order valence-electron chi connectivity index (χ2n) is 16.5. The standard InChI is InChI=1S/C42H59ClN4O7S/c1-29-7-6-16-42(52-3,28-45-18-20-46(21-19-45)36-15-22-53-40(48)25-36)37-13-10-33(37)26-47-17-5-4-8-31-23-35(43)12-9-34(31)27-54-39-14-11-32(24-38(39)47)41(49)44-55(50,51)30(29)2/h6,9,11-12,14,16,23-24,29-30,33,36-37,40,48H,4-5,7-8,10,13,15,17-22,25-28H2,1-3H3,(H,44,49)/b16-6+/t29-,30+,33-,36-,37+,40?,42+/m0/s1. The van der Waals surface area contributed by atoms with Crippen LogP contribution in [0.25, 0.3) is 0 Å². The summed E-state index contributed by atoms with van der Waals surface area (Å²) in [5, 5.41) is 10.0. The highest BCUT2D eigenvalue weighted by atomic mass is 35.5. The monoisotopic (exact) mass is 798 g/mol. The molecule has 0 aromatic heterocycles. The van der Waals surface area contributed by atoms with Crippen molar-refractivity contribution in [2.24, 2.45) is 17.8 Å².